The van der Waals surface area contributed by atoms with E-state index in [-0.39, 0.29) is 0 Å². The smallest absolute Gasteiger partial charge is 0.0439 e. The van der Waals surface area contributed by atoms with Gasteiger partial charge in [0.05, 0.1) is 0 Å². The van der Waals surface area contributed by atoms with Crippen LogP contribution in [0.5, 0.6) is 0 Å². The molecule has 16 heavy (non-hydrogen) atoms. The summed E-state index contributed by atoms with van der Waals surface area (Å²) in [6.45, 7) is 7.60. The fourth-order valence-corrected chi connectivity index (χ4v) is 2.49. The third kappa shape index (κ3) is 2.33. The first-order chi connectivity index (χ1) is 7.72. The topological polar surface area (TPSA) is 15.3 Å². The maximum atomic E-state index is 6.14. The van der Waals surface area contributed by atoms with E-state index < -0.39 is 0 Å². The van der Waals surface area contributed by atoms with Gasteiger partial charge in [0.2, 0.25) is 0 Å². The van der Waals surface area contributed by atoms with Crippen LogP contribution in [0.15, 0.2) is 18.2 Å². The van der Waals surface area contributed by atoms with Crippen LogP contribution in [0.2, 0.25) is 5.02 Å². The van der Waals surface area contributed by atoms with Crippen LogP contribution in [-0.4, -0.2) is 25.7 Å². The van der Waals surface area contributed by atoms with Gasteiger partial charge in [-0.3, -0.25) is 0 Å². The summed E-state index contributed by atoms with van der Waals surface area (Å²) in [4.78, 5) is 2.45. The molecular weight excluding hydrogens is 220 g/mol. The van der Waals surface area contributed by atoms with E-state index in [0.29, 0.717) is 6.04 Å². The molecule has 0 bridgehead atoms. The number of piperazine rings is 1. The summed E-state index contributed by atoms with van der Waals surface area (Å²) in [6, 6.07) is 6.93. The molecule has 2 nitrogen and oxygen atoms in total. The molecule has 1 saturated heterocycles. The molecule has 2 rings (SSSR count). The molecule has 0 amide bonds. The molecule has 0 aromatic heterocycles. The Kier molecular flexibility index (Phi) is 3.72. The van der Waals surface area contributed by atoms with Crippen molar-refractivity contribution >= 4 is 17.3 Å². The number of hydrogen-bond donors (Lipinski definition) is 1. The van der Waals surface area contributed by atoms with Crippen molar-refractivity contribution in [3.63, 3.8) is 0 Å². The van der Waals surface area contributed by atoms with Gasteiger partial charge in [0, 0.05) is 36.4 Å². The summed E-state index contributed by atoms with van der Waals surface area (Å²) in [5.74, 6) is 0. The van der Waals surface area contributed by atoms with E-state index in [1.54, 1.807) is 0 Å². The Morgan fingerprint density at radius 2 is 2.31 bits per heavy atom. The summed E-state index contributed by atoms with van der Waals surface area (Å²) < 4.78 is 0. The van der Waals surface area contributed by atoms with Crippen molar-refractivity contribution in [2.45, 2.75) is 26.3 Å². The first-order valence-electron chi connectivity index (χ1n) is 5.98. The van der Waals surface area contributed by atoms with Gasteiger partial charge >= 0.3 is 0 Å². The predicted octanol–water partition coefficient (Wildman–Crippen LogP) is 2.70. The molecule has 1 fully saturated rings. The van der Waals surface area contributed by atoms with Crippen LogP contribution in [0.1, 0.15) is 19.4 Å². The molecule has 0 aliphatic carbocycles. The zero-order valence-corrected chi connectivity index (χ0v) is 10.7. The van der Waals surface area contributed by atoms with Crippen molar-refractivity contribution in [2.24, 2.45) is 0 Å². The van der Waals surface area contributed by atoms with E-state index in [0.717, 1.165) is 31.1 Å². The summed E-state index contributed by atoms with van der Waals surface area (Å²) in [7, 11) is 0. The van der Waals surface area contributed by atoms with E-state index in [1.807, 2.05) is 6.07 Å². The average molecular weight is 239 g/mol. The number of rotatable bonds is 2. The van der Waals surface area contributed by atoms with Gasteiger partial charge in [-0.15, -0.1) is 0 Å². The average Bonchev–Trinajstić information content (AvgIpc) is 2.31. The van der Waals surface area contributed by atoms with Crippen LogP contribution in [0.25, 0.3) is 0 Å². The van der Waals surface area contributed by atoms with Crippen molar-refractivity contribution < 1.29 is 0 Å². The third-order valence-electron chi connectivity index (χ3n) is 3.24. The Morgan fingerprint density at radius 3 is 3.00 bits per heavy atom. The van der Waals surface area contributed by atoms with Gasteiger partial charge in [-0.1, -0.05) is 18.5 Å². The van der Waals surface area contributed by atoms with Crippen LogP contribution >= 0.6 is 11.6 Å². The highest BCUT2D eigenvalue weighted by Gasteiger charge is 2.18. The Bertz CT molecular complexity index is 365. The van der Waals surface area contributed by atoms with Crippen LogP contribution in [0.3, 0.4) is 0 Å². The number of aryl methyl sites for hydroxylation is 1. The molecule has 3 heteroatoms. The molecule has 0 spiro atoms. The van der Waals surface area contributed by atoms with E-state index in [2.05, 4.69) is 36.2 Å². The fraction of sp³-hybridized carbons (Fsp3) is 0.538. The van der Waals surface area contributed by atoms with Crippen molar-refractivity contribution in [3.8, 4) is 0 Å². The highest BCUT2D eigenvalue weighted by molar-refractivity contribution is 6.31. The van der Waals surface area contributed by atoms with Crippen LogP contribution in [0.4, 0.5) is 5.69 Å². The minimum Gasteiger partial charge on any atom is -0.366 e. The second kappa shape index (κ2) is 5.07. The lowest BCUT2D eigenvalue weighted by atomic mass is 10.1. The van der Waals surface area contributed by atoms with E-state index in [1.165, 1.54) is 11.3 Å². The second-order valence-corrected chi connectivity index (χ2v) is 4.78. The monoisotopic (exact) mass is 238 g/mol. The summed E-state index contributed by atoms with van der Waals surface area (Å²) in [6.07, 6.45) is 0.993. The van der Waals surface area contributed by atoms with Crippen LogP contribution in [-0.2, 0) is 6.42 Å². The van der Waals surface area contributed by atoms with Gasteiger partial charge in [0.15, 0.2) is 0 Å². The molecule has 1 aromatic carbocycles. The van der Waals surface area contributed by atoms with Gasteiger partial charge in [-0.25, -0.2) is 0 Å². The SMILES string of the molecule is CCc1cc(N2CCNC[C@@H]2C)ccc1Cl. The maximum Gasteiger partial charge on any atom is 0.0439 e. The van der Waals surface area contributed by atoms with E-state index in [9.17, 15) is 0 Å². The number of benzene rings is 1. The van der Waals surface area contributed by atoms with E-state index in [4.69, 9.17) is 11.6 Å². The molecule has 1 aromatic rings. The number of nitrogens with one attached hydrogen (secondary N) is 1. The Labute approximate surface area is 103 Å². The van der Waals surface area contributed by atoms with Gasteiger partial charge in [-0.05, 0) is 37.1 Å². The standard InChI is InChI=1S/C13H19ClN2/c1-3-11-8-12(4-5-13(11)14)16-7-6-15-9-10(16)2/h4-5,8,10,15H,3,6-7,9H2,1-2H3/t10-/m0/s1. The quantitative estimate of drug-likeness (QED) is 0.853. The molecule has 88 valence electrons. The normalized spacial score (nSPS) is 21.2. The van der Waals surface area contributed by atoms with Gasteiger partial charge in [-0.2, -0.15) is 0 Å². The zero-order chi connectivity index (χ0) is 11.5. The molecular formula is C13H19ClN2. The molecule has 0 radical (unpaired) electrons. The maximum absolute atomic E-state index is 6.14. The number of hydrogen-bond acceptors (Lipinski definition) is 2. The van der Waals surface area contributed by atoms with Gasteiger partial charge < -0.3 is 10.2 Å². The number of halogens is 1. The fourth-order valence-electron chi connectivity index (χ4n) is 2.24. The molecule has 1 atom stereocenters. The predicted molar refractivity (Wildman–Crippen MR) is 70.5 cm³/mol. The Morgan fingerprint density at radius 1 is 1.50 bits per heavy atom. The molecule has 0 saturated carbocycles. The Hall–Kier alpha value is -0.730. The highest BCUT2D eigenvalue weighted by atomic mass is 35.5. The minimum absolute atomic E-state index is 0.555. The number of anilines is 1. The first-order valence-corrected chi connectivity index (χ1v) is 6.36. The van der Waals surface area contributed by atoms with Gasteiger partial charge in [0.25, 0.3) is 0 Å². The zero-order valence-electron chi connectivity index (χ0n) is 9.96. The molecule has 0 unspecified atom stereocenters. The second-order valence-electron chi connectivity index (χ2n) is 4.38. The van der Waals surface area contributed by atoms with Crippen molar-refractivity contribution in [2.75, 3.05) is 24.5 Å². The third-order valence-corrected chi connectivity index (χ3v) is 3.61. The molecule has 1 aliphatic rings. The summed E-state index contributed by atoms with van der Waals surface area (Å²) >= 11 is 6.14. The first kappa shape index (κ1) is 11.7. The van der Waals surface area contributed by atoms with Crippen LogP contribution in [0, 0.1) is 0 Å². The lowest BCUT2D eigenvalue weighted by Gasteiger charge is -2.36. The van der Waals surface area contributed by atoms with Gasteiger partial charge in [0.1, 0.15) is 0 Å². The summed E-state index contributed by atoms with van der Waals surface area (Å²) in [5, 5.41) is 4.29. The minimum atomic E-state index is 0.555. The summed E-state index contributed by atoms with van der Waals surface area (Å²) in [5.41, 5.74) is 2.54. The largest absolute Gasteiger partial charge is 0.366 e. The lowest BCUT2D eigenvalue weighted by molar-refractivity contribution is 0.501. The van der Waals surface area contributed by atoms with Crippen molar-refractivity contribution in [3.05, 3.63) is 28.8 Å². The molecule has 1 aliphatic heterocycles. The number of nitrogens with zero attached hydrogens (tertiary/aromatic N) is 1. The Balaban J connectivity index is 2.25. The molecule has 1 N–H and O–H groups in total. The highest BCUT2D eigenvalue weighted by Crippen LogP contribution is 2.25. The van der Waals surface area contributed by atoms with Crippen LogP contribution < -0.4 is 10.2 Å². The van der Waals surface area contributed by atoms with Crippen molar-refractivity contribution in [1.82, 2.24) is 5.32 Å². The van der Waals surface area contributed by atoms with E-state index >= 15 is 0 Å². The molecule has 1 heterocycles. The lowest BCUT2D eigenvalue weighted by Crippen LogP contribution is -2.49. The van der Waals surface area contributed by atoms with Crippen molar-refractivity contribution in [1.29, 1.82) is 0 Å².